The Bertz CT molecular complexity index is 136. The van der Waals surface area contributed by atoms with Gasteiger partial charge in [-0.2, -0.15) is 0 Å². The molecule has 1 aliphatic heterocycles. The lowest BCUT2D eigenvalue weighted by Gasteiger charge is -2.11. The predicted octanol–water partition coefficient (Wildman–Crippen LogP) is 2.89. The number of aliphatic hydroxyl groups is 1. The van der Waals surface area contributed by atoms with Crippen molar-refractivity contribution in [1.82, 2.24) is 0 Å². The summed E-state index contributed by atoms with van der Waals surface area (Å²) in [5.41, 5.74) is 0. The second kappa shape index (κ2) is 7.24. The molecule has 0 spiro atoms. The Morgan fingerprint density at radius 1 is 1.07 bits per heavy atom. The van der Waals surface area contributed by atoms with Gasteiger partial charge in [-0.1, -0.05) is 39.0 Å². The molecule has 0 aliphatic carbocycles. The van der Waals surface area contributed by atoms with Crippen LogP contribution < -0.4 is 0 Å². The van der Waals surface area contributed by atoms with Crippen molar-refractivity contribution in [2.45, 2.75) is 70.5 Å². The minimum absolute atomic E-state index is 0.135. The van der Waals surface area contributed by atoms with Crippen molar-refractivity contribution in [2.24, 2.45) is 0 Å². The van der Waals surface area contributed by atoms with Crippen LogP contribution in [0.3, 0.4) is 0 Å². The molecule has 0 aromatic rings. The van der Waals surface area contributed by atoms with E-state index in [1.54, 1.807) is 0 Å². The van der Waals surface area contributed by atoms with E-state index in [0.717, 1.165) is 12.8 Å². The van der Waals surface area contributed by atoms with Crippen molar-refractivity contribution >= 4 is 0 Å². The molecule has 0 saturated carbocycles. The fraction of sp³-hybridized carbons (Fsp3) is 1.00. The van der Waals surface area contributed by atoms with Crippen molar-refractivity contribution in [3.05, 3.63) is 0 Å². The smallest absolute Gasteiger partial charge is 0.0810 e. The SMILES string of the molecule is CCCCCCC[C@H]1CC[C@@H](CO)O1. The average molecular weight is 200 g/mol. The number of aliphatic hydroxyl groups excluding tert-OH is 1. The van der Waals surface area contributed by atoms with Crippen molar-refractivity contribution in [3.8, 4) is 0 Å². The molecule has 2 heteroatoms. The van der Waals surface area contributed by atoms with Gasteiger partial charge in [0.2, 0.25) is 0 Å². The molecular formula is C12H24O2. The van der Waals surface area contributed by atoms with Gasteiger partial charge in [0.1, 0.15) is 0 Å². The van der Waals surface area contributed by atoms with Gasteiger partial charge in [-0.15, -0.1) is 0 Å². The van der Waals surface area contributed by atoms with Gasteiger partial charge < -0.3 is 9.84 Å². The average Bonchev–Trinajstić information content (AvgIpc) is 2.65. The normalized spacial score (nSPS) is 27.0. The van der Waals surface area contributed by atoms with Crippen LogP contribution in [-0.4, -0.2) is 23.9 Å². The first-order valence-electron chi connectivity index (χ1n) is 6.13. The molecule has 14 heavy (non-hydrogen) atoms. The van der Waals surface area contributed by atoms with E-state index in [1.165, 1.54) is 38.5 Å². The molecule has 1 N–H and O–H groups in total. The molecule has 0 bridgehead atoms. The van der Waals surface area contributed by atoms with Crippen LogP contribution in [0, 0.1) is 0 Å². The summed E-state index contributed by atoms with van der Waals surface area (Å²) in [5.74, 6) is 0. The van der Waals surface area contributed by atoms with Gasteiger partial charge in [-0.25, -0.2) is 0 Å². The number of rotatable bonds is 7. The predicted molar refractivity (Wildman–Crippen MR) is 58.4 cm³/mol. The molecule has 0 amide bonds. The van der Waals surface area contributed by atoms with Gasteiger partial charge in [0.25, 0.3) is 0 Å². The van der Waals surface area contributed by atoms with E-state index in [0.29, 0.717) is 6.10 Å². The fourth-order valence-electron chi connectivity index (χ4n) is 2.10. The summed E-state index contributed by atoms with van der Waals surface area (Å²) in [6, 6.07) is 0. The van der Waals surface area contributed by atoms with Gasteiger partial charge in [-0.3, -0.25) is 0 Å². The van der Waals surface area contributed by atoms with E-state index in [9.17, 15) is 0 Å². The molecule has 2 atom stereocenters. The molecule has 0 unspecified atom stereocenters. The fourth-order valence-corrected chi connectivity index (χ4v) is 2.10. The summed E-state index contributed by atoms with van der Waals surface area (Å²) in [5, 5.41) is 8.90. The number of hydrogen-bond donors (Lipinski definition) is 1. The zero-order valence-corrected chi connectivity index (χ0v) is 9.37. The highest BCUT2D eigenvalue weighted by molar-refractivity contribution is 4.72. The summed E-state index contributed by atoms with van der Waals surface area (Å²) in [6.45, 7) is 2.44. The molecule has 1 aliphatic rings. The molecule has 0 radical (unpaired) electrons. The lowest BCUT2D eigenvalue weighted by molar-refractivity contribution is 0.00758. The molecule has 1 heterocycles. The van der Waals surface area contributed by atoms with Gasteiger partial charge in [0.15, 0.2) is 0 Å². The quantitative estimate of drug-likeness (QED) is 0.640. The largest absolute Gasteiger partial charge is 0.394 e. The molecular weight excluding hydrogens is 176 g/mol. The van der Waals surface area contributed by atoms with Crippen molar-refractivity contribution in [1.29, 1.82) is 0 Å². The third-order valence-electron chi connectivity index (χ3n) is 3.03. The lowest BCUT2D eigenvalue weighted by Crippen LogP contribution is -2.14. The Kier molecular flexibility index (Phi) is 6.20. The van der Waals surface area contributed by atoms with Crippen molar-refractivity contribution in [3.63, 3.8) is 0 Å². The Morgan fingerprint density at radius 3 is 2.43 bits per heavy atom. The third kappa shape index (κ3) is 4.43. The van der Waals surface area contributed by atoms with Crippen LogP contribution in [0.4, 0.5) is 0 Å². The van der Waals surface area contributed by atoms with E-state index < -0.39 is 0 Å². The van der Waals surface area contributed by atoms with Crippen LogP contribution in [0.25, 0.3) is 0 Å². The first kappa shape index (κ1) is 12.0. The highest BCUT2D eigenvalue weighted by Crippen LogP contribution is 2.23. The maximum Gasteiger partial charge on any atom is 0.0810 e. The minimum Gasteiger partial charge on any atom is -0.394 e. The van der Waals surface area contributed by atoms with Gasteiger partial charge in [-0.05, 0) is 19.3 Å². The highest BCUT2D eigenvalue weighted by atomic mass is 16.5. The Labute approximate surface area is 87.7 Å². The second-order valence-electron chi connectivity index (χ2n) is 4.34. The van der Waals surface area contributed by atoms with E-state index in [-0.39, 0.29) is 12.7 Å². The van der Waals surface area contributed by atoms with Crippen molar-refractivity contribution < 1.29 is 9.84 Å². The van der Waals surface area contributed by atoms with Gasteiger partial charge in [0, 0.05) is 0 Å². The van der Waals surface area contributed by atoms with Crippen LogP contribution in [0.15, 0.2) is 0 Å². The van der Waals surface area contributed by atoms with E-state index >= 15 is 0 Å². The van der Waals surface area contributed by atoms with Crippen LogP contribution >= 0.6 is 0 Å². The van der Waals surface area contributed by atoms with Crippen molar-refractivity contribution in [2.75, 3.05) is 6.61 Å². The monoisotopic (exact) mass is 200 g/mol. The Hall–Kier alpha value is -0.0800. The van der Waals surface area contributed by atoms with Crippen LogP contribution in [-0.2, 0) is 4.74 Å². The summed E-state index contributed by atoms with van der Waals surface area (Å²) in [7, 11) is 0. The second-order valence-corrected chi connectivity index (χ2v) is 4.34. The summed E-state index contributed by atoms with van der Waals surface area (Å²) in [6.07, 6.45) is 10.7. The van der Waals surface area contributed by atoms with Crippen LogP contribution in [0.5, 0.6) is 0 Å². The van der Waals surface area contributed by atoms with Gasteiger partial charge in [0.05, 0.1) is 18.8 Å². The first-order chi connectivity index (χ1) is 6.86. The highest BCUT2D eigenvalue weighted by Gasteiger charge is 2.23. The molecule has 0 aromatic heterocycles. The molecule has 1 rings (SSSR count). The van der Waals surface area contributed by atoms with Crippen LogP contribution in [0.1, 0.15) is 58.3 Å². The number of ether oxygens (including phenoxy) is 1. The molecule has 84 valence electrons. The van der Waals surface area contributed by atoms with E-state index in [4.69, 9.17) is 9.84 Å². The topological polar surface area (TPSA) is 29.5 Å². The molecule has 2 nitrogen and oxygen atoms in total. The third-order valence-corrected chi connectivity index (χ3v) is 3.03. The maximum absolute atomic E-state index is 8.90. The number of hydrogen-bond acceptors (Lipinski definition) is 2. The minimum atomic E-state index is 0.135. The zero-order valence-electron chi connectivity index (χ0n) is 9.37. The van der Waals surface area contributed by atoms with E-state index in [2.05, 4.69) is 6.92 Å². The zero-order chi connectivity index (χ0) is 10.2. The molecule has 0 aromatic carbocycles. The van der Waals surface area contributed by atoms with Crippen LogP contribution in [0.2, 0.25) is 0 Å². The summed E-state index contributed by atoms with van der Waals surface area (Å²) >= 11 is 0. The maximum atomic E-state index is 8.90. The van der Waals surface area contributed by atoms with E-state index in [1.807, 2.05) is 0 Å². The molecule has 1 saturated heterocycles. The first-order valence-corrected chi connectivity index (χ1v) is 6.13. The summed E-state index contributed by atoms with van der Waals surface area (Å²) in [4.78, 5) is 0. The molecule has 1 fully saturated rings. The Morgan fingerprint density at radius 2 is 1.79 bits per heavy atom. The Balaban J connectivity index is 1.92. The standard InChI is InChI=1S/C12H24O2/c1-2-3-4-5-6-7-11-8-9-12(10-13)14-11/h11-13H,2-10H2,1H3/t11-,12-/m0/s1. The number of unbranched alkanes of at least 4 members (excludes halogenated alkanes) is 4. The summed E-state index contributed by atoms with van der Waals surface area (Å²) < 4.78 is 5.67. The lowest BCUT2D eigenvalue weighted by atomic mass is 10.1. The van der Waals surface area contributed by atoms with Gasteiger partial charge >= 0.3 is 0 Å².